The predicted molar refractivity (Wildman–Crippen MR) is 68.3 cm³/mol. The first kappa shape index (κ1) is 13.2. The number of rotatable bonds is 6. The van der Waals surface area contributed by atoms with Crippen molar-refractivity contribution in [2.45, 2.75) is 39.8 Å². The van der Waals surface area contributed by atoms with E-state index in [1.54, 1.807) is 0 Å². The minimum atomic E-state index is -0.199. The minimum absolute atomic E-state index is 0.199. The molecule has 0 fully saturated rings. The van der Waals surface area contributed by atoms with Gasteiger partial charge in [-0.25, -0.2) is 0 Å². The van der Waals surface area contributed by atoms with Crippen LogP contribution in [0.15, 0.2) is 24.3 Å². The lowest BCUT2D eigenvalue weighted by Gasteiger charge is -2.14. The molecule has 0 spiro atoms. The summed E-state index contributed by atoms with van der Waals surface area (Å²) in [4.78, 5) is 0. The maximum atomic E-state index is 9.26. The number of hydrogen-bond acceptors (Lipinski definition) is 2. The van der Waals surface area contributed by atoms with Crippen LogP contribution in [0.1, 0.15) is 31.4 Å². The van der Waals surface area contributed by atoms with Gasteiger partial charge in [-0.15, -0.1) is 0 Å². The first-order valence-electron chi connectivity index (χ1n) is 6.03. The summed E-state index contributed by atoms with van der Waals surface area (Å²) in [6.07, 6.45) is 0.663. The third kappa shape index (κ3) is 4.77. The van der Waals surface area contributed by atoms with E-state index in [1.165, 1.54) is 11.1 Å². The number of aryl methyl sites for hydroxylation is 1. The van der Waals surface area contributed by atoms with E-state index in [0.717, 1.165) is 19.5 Å². The Morgan fingerprint density at radius 1 is 1.25 bits per heavy atom. The van der Waals surface area contributed by atoms with E-state index >= 15 is 0 Å². The van der Waals surface area contributed by atoms with Crippen molar-refractivity contribution in [3.63, 3.8) is 0 Å². The Labute approximate surface area is 98.7 Å². The van der Waals surface area contributed by atoms with Gasteiger partial charge in [0.05, 0.1) is 6.10 Å². The average molecular weight is 221 g/mol. The summed E-state index contributed by atoms with van der Waals surface area (Å²) in [5.41, 5.74) is 2.69. The Morgan fingerprint density at radius 2 is 1.94 bits per heavy atom. The standard InChI is InChI=1S/C14H23NO/c1-11(8-13(3)16)9-15-10-14-7-5-4-6-12(14)2/h4-7,11,13,15-16H,8-10H2,1-3H3. The van der Waals surface area contributed by atoms with Crippen LogP contribution >= 0.6 is 0 Å². The molecular weight excluding hydrogens is 198 g/mol. The zero-order chi connectivity index (χ0) is 12.0. The molecule has 0 aliphatic rings. The molecule has 1 rings (SSSR count). The van der Waals surface area contributed by atoms with Crippen LogP contribution in [-0.2, 0) is 6.54 Å². The van der Waals surface area contributed by atoms with Gasteiger partial charge in [0.2, 0.25) is 0 Å². The predicted octanol–water partition coefficient (Wildman–Crippen LogP) is 2.49. The van der Waals surface area contributed by atoms with Gasteiger partial charge in [-0.1, -0.05) is 31.2 Å². The van der Waals surface area contributed by atoms with E-state index < -0.39 is 0 Å². The minimum Gasteiger partial charge on any atom is -0.393 e. The summed E-state index contributed by atoms with van der Waals surface area (Å²) in [7, 11) is 0. The molecule has 2 unspecified atom stereocenters. The van der Waals surface area contributed by atoms with E-state index in [0.29, 0.717) is 5.92 Å². The summed E-state index contributed by atoms with van der Waals surface area (Å²) in [6, 6.07) is 8.43. The molecule has 0 saturated carbocycles. The van der Waals surface area contributed by atoms with E-state index in [9.17, 15) is 5.11 Å². The van der Waals surface area contributed by atoms with E-state index in [1.807, 2.05) is 6.92 Å². The van der Waals surface area contributed by atoms with Gasteiger partial charge in [-0.2, -0.15) is 0 Å². The number of nitrogens with one attached hydrogen (secondary N) is 1. The van der Waals surface area contributed by atoms with Crippen LogP contribution in [0.5, 0.6) is 0 Å². The van der Waals surface area contributed by atoms with E-state index in [2.05, 4.69) is 43.4 Å². The van der Waals surface area contributed by atoms with Crippen molar-refractivity contribution in [2.24, 2.45) is 5.92 Å². The summed E-state index contributed by atoms with van der Waals surface area (Å²) < 4.78 is 0. The van der Waals surface area contributed by atoms with Gasteiger partial charge < -0.3 is 10.4 Å². The van der Waals surface area contributed by atoms with Crippen LogP contribution < -0.4 is 5.32 Å². The molecule has 1 aromatic carbocycles. The highest BCUT2D eigenvalue weighted by molar-refractivity contribution is 5.25. The quantitative estimate of drug-likeness (QED) is 0.773. The van der Waals surface area contributed by atoms with Crippen molar-refractivity contribution in [3.05, 3.63) is 35.4 Å². The number of benzene rings is 1. The molecule has 0 aliphatic carbocycles. The van der Waals surface area contributed by atoms with Gasteiger partial charge in [0, 0.05) is 6.54 Å². The van der Waals surface area contributed by atoms with Crippen LogP contribution in [0.25, 0.3) is 0 Å². The van der Waals surface area contributed by atoms with E-state index in [-0.39, 0.29) is 6.10 Å². The molecule has 16 heavy (non-hydrogen) atoms. The van der Waals surface area contributed by atoms with Crippen molar-refractivity contribution in [1.82, 2.24) is 5.32 Å². The van der Waals surface area contributed by atoms with Crippen LogP contribution in [0, 0.1) is 12.8 Å². The average Bonchev–Trinajstić information content (AvgIpc) is 2.19. The Balaban J connectivity index is 2.28. The van der Waals surface area contributed by atoms with Crippen molar-refractivity contribution in [3.8, 4) is 0 Å². The molecule has 90 valence electrons. The zero-order valence-electron chi connectivity index (χ0n) is 10.5. The molecule has 2 atom stereocenters. The van der Waals surface area contributed by atoms with Gasteiger partial charge in [0.25, 0.3) is 0 Å². The molecule has 1 aromatic rings. The lowest BCUT2D eigenvalue weighted by molar-refractivity contribution is 0.163. The fourth-order valence-electron chi connectivity index (χ4n) is 1.93. The first-order chi connectivity index (χ1) is 7.59. The van der Waals surface area contributed by atoms with Gasteiger partial charge in [0.1, 0.15) is 0 Å². The number of hydrogen-bond donors (Lipinski definition) is 2. The van der Waals surface area contributed by atoms with Gasteiger partial charge in [-0.05, 0) is 43.9 Å². The van der Waals surface area contributed by atoms with E-state index in [4.69, 9.17) is 0 Å². The van der Waals surface area contributed by atoms with Crippen molar-refractivity contribution in [2.75, 3.05) is 6.54 Å². The molecule has 2 heteroatoms. The van der Waals surface area contributed by atoms with Crippen molar-refractivity contribution < 1.29 is 5.11 Å². The third-order valence-corrected chi connectivity index (χ3v) is 2.81. The zero-order valence-corrected chi connectivity index (χ0v) is 10.5. The second-order valence-electron chi connectivity index (χ2n) is 4.75. The third-order valence-electron chi connectivity index (χ3n) is 2.81. The molecule has 0 saturated heterocycles. The maximum absolute atomic E-state index is 9.26. The Morgan fingerprint density at radius 3 is 2.56 bits per heavy atom. The molecule has 0 bridgehead atoms. The van der Waals surface area contributed by atoms with Crippen LogP contribution in [0.2, 0.25) is 0 Å². The monoisotopic (exact) mass is 221 g/mol. The lowest BCUT2D eigenvalue weighted by Crippen LogP contribution is -2.23. The summed E-state index contributed by atoms with van der Waals surface area (Å²) in [5.74, 6) is 0.518. The highest BCUT2D eigenvalue weighted by atomic mass is 16.3. The first-order valence-corrected chi connectivity index (χ1v) is 6.03. The molecular formula is C14H23NO. The topological polar surface area (TPSA) is 32.3 Å². The summed E-state index contributed by atoms with van der Waals surface area (Å²) >= 11 is 0. The van der Waals surface area contributed by atoms with Crippen molar-refractivity contribution >= 4 is 0 Å². The van der Waals surface area contributed by atoms with Crippen LogP contribution in [0.3, 0.4) is 0 Å². The Kier molecular flexibility index (Phi) is 5.50. The second-order valence-corrected chi connectivity index (χ2v) is 4.75. The molecule has 0 aromatic heterocycles. The lowest BCUT2D eigenvalue weighted by atomic mass is 10.0. The van der Waals surface area contributed by atoms with Gasteiger partial charge in [0.15, 0.2) is 0 Å². The maximum Gasteiger partial charge on any atom is 0.0515 e. The van der Waals surface area contributed by atoms with Crippen LogP contribution in [-0.4, -0.2) is 17.8 Å². The Bertz CT molecular complexity index is 309. The molecule has 0 radical (unpaired) electrons. The molecule has 0 aliphatic heterocycles. The SMILES string of the molecule is Cc1ccccc1CNCC(C)CC(C)O. The summed E-state index contributed by atoms with van der Waals surface area (Å²) in [6.45, 7) is 8.02. The highest BCUT2D eigenvalue weighted by Crippen LogP contribution is 2.08. The molecule has 2 N–H and O–H groups in total. The number of aliphatic hydroxyl groups excluding tert-OH is 1. The summed E-state index contributed by atoms with van der Waals surface area (Å²) in [5, 5.41) is 12.7. The smallest absolute Gasteiger partial charge is 0.0515 e. The molecule has 0 heterocycles. The largest absolute Gasteiger partial charge is 0.393 e. The molecule has 0 amide bonds. The van der Waals surface area contributed by atoms with Gasteiger partial charge in [-0.3, -0.25) is 0 Å². The normalized spacial score (nSPS) is 14.8. The number of aliphatic hydroxyl groups is 1. The second kappa shape index (κ2) is 6.66. The van der Waals surface area contributed by atoms with Crippen LogP contribution in [0.4, 0.5) is 0 Å². The molecule has 2 nitrogen and oxygen atoms in total. The van der Waals surface area contributed by atoms with Crippen molar-refractivity contribution in [1.29, 1.82) is 0 Å². The van der Waals surface area contributed by atoms with Gasteiger partial charge >= 0.3 is 0 Å². The highest BCUT2D eigenvalue weighted by Gasteiger charge is 2.05. The Hall–Kier alpha value is -0.860. The fraction of sp³-hybridized carbons (Fsp3) is 0.571. The fourth-order valence-corrected chi connectivity index (χ4v) is 1.93.